The second-order valence-corrected chi connectivity index (χ2v) is 15.9. The van der Waals surface area contributed by atoms with Gasteiger partial charge < -0.3 is 9.13 Å². The molecule has 0 aliphatic carbocycles. The lowest BCUT2D eigenvalue weighted by Gasteiger charge is -2.21. The first kappa shape index (κ1) is 32.0. The van der Waals surface area contributed by atoms with Gasteiger partial charge in [-0.2, -0.15) is 0 Å². The lowest BCUT2D eigenvalue weighted by Crippen LogP contribution is -2.10. The molecular weight excluding hydrogens is 609 g/mol. The van der Waals surface area contributed by atoms with E-state index in [2.05, 4.69) is 173 Å². The van der Waals surface area contributed by atoms with Crippen LogP contribution in [0, 0.1) is 11.8 Å². The fourth-order valence-corrected chi connectivity index (χ4v) is 7.61. The quantitative estimate of drug-likeness (QED) is 0.171. The summed E-state index contributed by atoms with van der Waals surface area (Å²) in [4.78, 5) is 9.87. The molecule has 4 heterocycles. The van der Waals surface area contributed by atoms with Gasteiger partial charge in [0.25, 0.3) is 0 Å². The van der Waals surface area contributed by atoms with Gasteiger partial charge in [-0.3, -0.25) is 9.97 Å². The Labute approximate surface area is 295 Å². The van der Waals surface area contributed by atoms with E-state index in [1.54, 1.807) is 0 Å². The summed E-state index contributed by atoms with van der Waals surface area (Å²) in [7, 11) is 0. The highest BCUT2D eigenvalue weighted by molar-refractivity contribution is 6.10. The molecular formula is C46H46N4. The largest absolute Gasteiger partial charge is 0.309 e. The number of rotatable bonds is 7. The molecule has 0 spiro atoms. The van der Waals surface area contributed by atoms with Crippen molar-refractivity contribution in [1.82, 2.24) is 19.1 Å². The van der Waals surface area contributed by atoms with Crippen LogP contribution in [0.5, 0.6) is 0 Å². The fraction of sp³-hybridized carbons (Fsp3) is 0.261. The summed E-state index contributed by atoms with van der Waals surface area (Å²) < 4.78 is 4.91. The topological polar surface area (TPSA) is 35.6 Å². The summed E-state index contributed by atoms with van der Waals surface area (Å²) in [6, 6.07) is 38.3. The van der Waals surface area contributed by atoms with Crippen LogP contribution in [0.2, 0.25) is 0 Å². The summed E-state index contributed by atoms with van der Waals surface area (Å²) in [5, 5.41) is 4.79. The lowest BCUT2D eigenvalue weighted by atomic mass is 9.85. The van der Waals surface area contributed by atoms with Crippen molar-refractivity contribution in [2.75, 3.05) is 0 Å². The molecule has 50 heavy (non-hydrogen) atoms. The van der Waals surface area contributed by atoms with Gasteiger partial charge in [0, 0.05) is 56.7 Å². The fourth-order valence-electron chi connectivity index (χ4n) is 7.61. The zero-order valence-electron chi connectivity index (χ0n) is 30.3. The van der Waals surface area contributed by atoms with Gasteiger partial charge in [0.1, 0.15) is 0 Å². The molecule has 0 amide bonds. The van der Waals surface area contributed by atoms with Gasteiger partial charge in [0.15, 0.2) is 0 Å². The van der Waals surface area contributed by atoms with Gasteiger partial charge in [0.05, 0.1) is 22.1 Å². The number of aromatic nitrogens is 4. The molecule has 8 aromatic rings. The van der Waals surface area contributed by atoms with Crippen LogP contribution in [-0.4, -0.2) is 19.1 Å². The van der Waals surface area contributed by atoms with Gasteiger partial charge in [-0.05, 0) is 89.2 Å². The predicted octanol–water partition coefficient (Wildman–Crippen LogP) is 12.0. The Morgan fingerprint density at radius 3 is 1.48 bits per heavy atom. The van der Waals surface area contributed by atoms with Crippen LogP contribution in [0.4, 0.5) is 0 Å². The van der Waals surface area contributed by atoms with Crippen LogP contribution in [0.25, 0.3) is 66.1 Å². The third-order valence-electron chi connectivity index (χ3n) is 9.95. The van der Waals surface area contributed by atoms with Crippen molar-refractivity contribution in [3.8, 4) is 22.5 Å². The molecule has 4 aromatic carbocycles. The number of fused-ring (bicyclic) bond motifs is 6. The maximum Gasteiger partial charge on any atom is 0.0574 e. The van der Waals surface area contributed by atoms with E-state index in [9.17, 15) is 0 Å². The smallest absolute Gasteiger partial charge is 0.0574 e. The maximum absolute atomic E-state index is 4.93. The molecule has 0 saturated heterocycles. The second kappa shape index (κ2) is 12.3. The summed E-state index contributed by atoms with van der Waals surface area (Å²) in [5.74, 6) is 1.04. The zero-order valence-corrected chi connectivity index (χ0v) is 30.3. The molecule has 0 aliphatic rings. The van der Waals surface area contributed by atoms with E-state index >= 15 is 0 Å². The summed E-state index contributed by atoms with van der Waals surface area (Å²) in [6.07, 6.45) is 6.05. The molecule has 4 heteroatoms. The molecule has 0 unspecified atom stereocenters. The first-order valence-corrected chi connectivity index (χ1v) is 18.1. The normalized spacial score (nSPS) is 12.4. The van der Waals surface area contributed by atoms with Gasteiger partial charge in [-0.1, -0.05) is 109 Å². The molecule has 0 fully saturated rings. The standard InChI is InChI=1S/C46H46N4/c1-29(2)19-34-24-44-40(27-47-34)38-15-8-10-17-42(38)49(44)36-22-32(31-13-12-14-33(21-31)46(5,6)7)23-37(26-36)50-43-18-11-9-16-39(43)41-28-48-35(20-30(3)4)25-45(41)50/h8-18,21-30H,19-20H2,1-7H3. The summed E-state index contributed by atoms with van der Waals surface area (Å²) in [5.41, 5.74) is 13.0. The lowest BCUT2D eigenvalue weighted by molar-refractivity contribution is 0.590. The third kappa shape index (κ3) is 5.67. The minimum atomic E-state index is 0.0374. The van der Waals surface area contributed by atoms with Crippen molar-refractivity contribution < 1.29 is 0 Å². The van der Waals surface area contributed by atoms with E-state index in [0.717, 1.165) is 35.6 Å². The van der Waals surface area contributed by atoms with E-state index in [-0.39, 0.29) is 5.41 Å². The van der Waals surface area contributed by atoms with Gasteiger partial charge in [-0.25, -0.2) is 0 Å². The maximum atomic E-state index is 4.93. The van der Waals surface area contributed by atoms with Gasteiger partial charge in [0.2, 0.25) is 0 Å². The number of hydrogen-bond donors (Lipinski definition) is 0. The Morgan fingerprint density at radius 2 is 1.00 bits per heavy atom. The number of benzene rings is 4. The molecule has 0 saturated carbocycles. The SMILES string of the molecule is CC(C)Cc1cc2c(cn1)c1ccccc1n2-c1cc(-c2cccc(C(C)(C)C)c2)cc(-n2c3ccccc3c3cnc(CC(C)C)cc32)c1. The van der Waals surface area contributed by atoms with Crippen LogP contribution < -0.4 is 0 Å². The molecule has 0 aliphatic heterocycles. The number of hydrogen-bond acceptors (Lipinski definition) is 2. The van der Waals surface area contributed by atoms with E-state index in [0.29, 0.717) is 11.8 Å². The highest BCUT2D eigenvalue weighted by atomic mass is 15.0. The van der Waals surface area contributed by atoms with Crippen molar-refractivity contribution in [1.29, 1.82) is 0 Å². The Bertz CT molecular complexity index is 2390. The molecule has 4 aromatic heterocycles. The Hall–Kier alpha value is -5.22. The highest BCUT2D eigenvalue weighted by Gasteiger charge is 2.20. The third-order valence-corrected chi connectivity index (χ3v) is 9.95. The first-order valence-electron chi connectivity index (χ1n) is 18.1. The van der Waals surface area contributed by atoms with Crippen LogP contribution in [-0.2, 0) is 18.3 Å². The zero-order chi connectivity index (χ0) is 34.7. The van der Waals surface area contributed by atoms with Crippen LogP contribution >= 0.6 is 0 Å². The molecule has 0 bridgehead atoms. The van der Waals surface area contributed by atoms with Gasteiger partial charge in [-0.15, -0.1) is 0 Å². The van der Waals surface area contributed by atoms with Crippen molar-refractivity contribution in [2.24, 2.45) is 11.8 Å². The summed E-state index contributed by atoms with van der Waals surface area (Å²) >= 11 is 0. The minimum Gasteiger partial charge on any atom is -0.309 e. The average Bonchev–Trinajstić information content (AvgIpc) is 3.59. The summed E-state index contributed by atoms with van der Waals surface area (Å²) in [6.45, 7) is 15.9. The highest BCUT2D eigenvalue weighted by Crippen LogP contribution is 2.38. The molecule has 8 rings (SSSR count). The molecule has 0 atom stereocenters. The van der Waals surface area contributed by atoms with E-state index < -0.39 is 0 Å². The van der Waals surface area contributed by atoms with Crippen LogP contribution in [0.3, 0.4) is 0 Å². The van der Waals surface area contributed by atoms with E-state index in [4.69, 9.17) is 9.97 Å². The predicted molar refractivity (Wildman–Crippen MR) is 212 cm³/mol. The molecule has 4 nitrogen and oxygen atoms in total. The molecule has 0 radical (unpaired) electrons. The monoisotopic (exact) mass is 654 g/mol. The molecule has 250 valence electrons. The number of nitrogens with zero attached hydrogens (tertiary/aromatic N) is 4. The number of pyridine rings is 2. The average molecular weight is 655 g/mol. The van der Waals surface area contributed by atoms with Gasteiger partial charge >= 0.3 is 0 Å². The first-order chi connectivity index (χ1) is 24.0. The van der Waals surface area contributed by atoms with Crippen molar-refractivity contribution in [2.45, 2.75) is 66.7 Å². The van der Waals surface area contributed by atoms with Crippen molar-refractivity contribution >= 4 is 43.6 Å². The Balaban J connectivity index is 1.47. The molecule has 0 N–H and O–H groups in total. The minimum absolute atomic E-state index is 0.0374. The van der Waals surface area contributed by atoms with Crippen molar-refractivity contribution in [3.63, 3.8) is 0 Å². The van der Waals surface area contributed by atoms with E-state index in [1.807, 2.05) is 0 Å². The van der Waals surface area contributed by atoms with Crippen LogP contribution in [0.1, 0.15) is 65.4 Å². The van der Waals surface area contributed by atoms with E-state index in [1.165, 1.54) is 60.3 Å². The Morgan fingerprint density at radius 1 is 0.500 bits per heavy atom. The van der Waals surface area contributed by atoms with Crippen molar-refractivity contribution in [3.05, 3.63) is 132 Å². The Kier molecular flexibility index (Phi) is 7.86. The van der Waals surface area contributed by atoms with Crippen LogP contribution in [0.15, 0.2) is 116 Å². The number of para-hydroxylation sites is 2. The second-order valence-electron chi connectivity index (χ2n) is 15.9.